The Morgan fingerprint density at radius 3 is 1.38 bits per heavy atom. The molecule has 0 spiro atoms. The van der Waals surface area contributed by atoms with Crippen LogP contribution in [-0.4, -0.2) is 97.7 Å². The minimum absolute atomic E-state index is 0.0342. The number of hydrogen-bond donors (Lipinski definition) is 4. The molecule has 2 aliphatic heterocycles. The molecule has 178 valence electrons. The second-order valence-corrected chi connectivity index (χ2v) is 7.39. The maximum absolute atomic E-state index is 8.72. The molecule has 0 amide bonds. The number of aliphatic hydroxyl groups excluding tert-OH is 4. The van der Waals surface area contributed by atoms with Crippen molar-refractivity contribution >= 4 is 0 Å². The molecule has 2 aromatic rings. The van der Waals surface area contributed by atoms with Crippen molar-refractivity contribution in [3.63, 3.8) is 0 Å². The highest BCUT2D eigenvalue weighted by Gasteiger charge is 2.26. The SMILES string of the molecule is C(OCC1CO1)C1CO1.OCC(O)COCC(O)CO.c1ccc(-c2ccccc2)cc1. The van der Waals surface area contributed by atoms with Gasteiger partial charge in [-0.25, -0.2) is 0 Å². The Morgan fingerprint density at radius 1 is 0.688 bits per heavy atom. The van der Waals surface area contributed by atoms with E-state index in [2.05, 4.69) is 48.5 Å². The number of aliphatic hydroxyl groups is 4. The van der Waals surface area contributed by atoms with Gasteiger partial charge in [-0.05, 0) is 11.1 Å². The molecule has 8 heteroatoms. The van der Waals surface area contributed by atoms with Gasteiger partial charge >= 0.3 is 0 Å². The van der Waals surface area contributed by atoms with Crippen molar-refractivity contribution in [2.75, 3.05) is 52.9 Å². The Kier molecular flexibility index (Phi) is 13.1. The lowest BCUT2D eigenvalue weighted by Crippen LogP contribution is -2.25. The van der Waals surface area contributed by atoms with Gasteiger partial charge in [0.1, 0.15) is 24.4 Å². The quantitative estimate of drug-likeness (QED) is 0.372. The van der Waals surface area contributed by atoms with Crippen molar-refractivity contribution < 1.29 is 39.4 Å². The third-order valence-electron chi connectivity index (χ3n) is 4.34. The summed E-state index contributed by atoms with van der Waals surface area (Å²) in [5.74, 6) is 0. The molecule has 2 aromatic carbocycles. The molecule has 2 saturated heterocycles. The highest BCUT2D eigenvalue weighted by Crippen LogP contribution is 2.17. The van der Waals surface area contributed by atoms with Gasteiger partial charge in [0.05, 0.1) is 52.9 Å². The molecule has 0 saturated carbocycles. The fourth-order valence-electron chi connectivity index (χ4n) is 2.37. The summed E-state index contributed by atoms with van der Waals surface area (Å²) >= 11 is 0. The van der Waals surface area contributed by atoms with E-state index in [1.54, 1.807) is 0 Å². The minimum atomic E-state index is -0.916. The predicted molar refractivity (Wildman–Crippen MR) is 119 cm³/mol. The zero-order chi connectivity index (χ0) is 23.0. The van der Waals surface area contributed by atoms with E-state index in [-0.39, 0.29) is 26.4 Å². The van der Waals surface area contributed by atoms with E-state index in [0.717, 1.165) is 26.4 Å². The van der Waals surface area contributed by atoms with Crippen LogP contribution < -0.4 is 0 Å². The Labute approximate surface area is 188 Å². The summed E-state index contributed by atoms with van der Waals surface area (Å²) in [5.41, 5.74) is 2.55. The molecule has 0 aliphatic carbocycles. The minimum Gasteiger partial charge on any atom is -0.394 e. The molecule has 4 rings (SSSR count). The van der Waals surface area contributed by atoms with Crippen molar-refractivity contribution in [1.29, 1.82) is 0 Å². The maximum atomic E-state index is 8.72. The van der Waals surface area contributed by atoms with Crippen LogP contribution in [0.2, 0.25) is 0 Å². The molecule has 0 radical (unpaired) electrons. The maximum Gasteiger partial charge on any atom is 0.104 e. The standard InChI is InChI=1S/C12H10.C6H14O5.C6H10O3/c1-3-7-11(8-4-1)12-9-5-2-6-10-12;7-1-5(9)3-11-4-6(10)2-8;1(5-3-8-5)7-2-6-4-9-6/h1-10H;5-10H,1-4H2;5-6H,1-4H2. The Morgan fingerprint density at radius 2 is 1.06 bits per heavy atom. The van der Waals surface area contributed by atoms with E-state index in [9.17, 15) is 0 Å². The molecule has 2 fully saturated rings. The number of epoxide rings is 2. The highest BCUT2D eigenvalue weighted by atomic mass is 16.6. The van der Waals surface area contributed by atoms with Crippen LogP contribution in [0.15, 0.2) is 60.7 Å². The summed E-state index contributed by atoms with van der Waals surface area (Å²) < 4.78 is 19.8. The third kappa shape index (κ3) is 12.8. The molecular weight excluding hydrogens is 416 g/mol. The molecule has 4 N–H and O–H groups in total. The molecular formula is C24H34O8. The first-order valence-electron chi connectivity index (χ1n) is 10.7. The first-order valence-corrected chi connectivity index (χ1v) is 10.7. The summed E-state index contributed by atoms with van der Waals surface area (Å²) in [6.45, 7) is 2.46. The van der Waals surface area contributed by atoms with Crippen LogP contribution >= 0.6 is 0 Å². The van der Waals surface area contributed by atoms with Crippen LogP contribution in [0, 0.1) is 0 Å². The van der Waals surface area contributed by atoms with E-state index in [4.69, 9.17) is 39.4 Å². The van der Waals surface area contributed by atoms with Gasteiger partial charge in [0.15, 0.2) is 0 Å². The Hall–Kier alpha value is -1.88. The zero-order valence-corrected chi connectivity index (χ0v) is 18.2. The van der Waals surface area contributed by atoms with E-state index in [1.165, 1.54) is 11.1 Å². The number of ether oxygens (including phenoxy) is 4. The van der Waals surface area contributed by atoms with Crippen LogP contribution in [-0.2, 0) is 18.9 Å². The summed E-state index contributed by atoms with van der Waals surface area (Å²) in [4.78, 5) is 0. The summed E-state index contributed by atoms with van der Waals surface area (Å²) in [6, 6.07) is 20.8. The summed E-state index contributed by atoms with van der Waals surface area (Å²) in [7, 11) is 0. The van der Waals surface area contributed by atoms with Gasteiger partial charge in [-0.1, -0.05) is 60.7 Å². The van der Waals surface area contributed by atoms with Gasteiger partial charge in [-0.3, -0.25) is 0 Å². The summed E-state index contributed by atoms with van der Waals surface area (Å²) in [6.07, 6.45) is -1.05. The Bertz CT molecular complexity index is 632. The van der Waals surface area contributed by atoms with Gasteiger partial charge in [0, 0.05) is 0 Å². The second-order valence-electron chi connectivity index (χ2n) is 7.39. The number of benzene rings is 2. The Balaban J connectivity index is 0.000000172. The van der Waals surface area contributed by atoms with Crippen molar-refractivity contribution in [3.05, 3.63) is 60.7 Å². The molecule has 0 aromatic heterocycles. The molecule has 32 heavy (non-hydrogen) atoms. The smallest absolute Gasteiger partial charge is 0.104 e. The van der Waals surface area contributed by atoms with E-state index < -0.39 is 12.2 Å². The lowest BCUT2D eigenvalue weighted by molar-refractivity contribution is -0.0364. The largest absolute Gasteiger partial charge is 0.394 e. The van der Waals surface area contributed by atoms with Crippen LogP contribution in [0.25, 0.3) is 11.1 Å². The first-order chi connectivity index (χ1) is 15.6. The number of hydrogen-bond acceptors (Lipinski definition) is 8. The van der Waals surface area contributed by atoms with Gasteiger partial charge in [-0.15, -0.1) is 0 Å². The van der Waals surface area contributed by atoms with Crippen molar-refractivity contribution in [1.82, 2.24) is 0 Å². The van der Waals surface area contributed by atoms with Gasteiger partial charge < -0.3 is 39.4 Å². The predicted octanol–water partition coefficient (Wildman–Crippen LogP) is 0.864. The van der Waals surface area contributed by atoms with E-state index >= 15 is 0 Å². The molecule has 4 atom stereocenters. The van der Waals surface area contributed by atoms with E-state index in [1.807, 2.05) is 12.1 Å². The fraction of sp³-hybridized carbons (Fsp3) is 0.500. The number of rotatable bonds is 11. The third-order valence-corrected chi connectivity index (χ3v) is 4.34. The molecule has 8 nitrogen and oxygen atoms in total. The van der Waals surface area contributed by atoms with Crippen LogP contribution in [0.4, 0.5) is 0 Å². The van der Waals surface area contributed by atoms with Crippen molar-refractivity contribution in [2.24, 2.45) is 0 Å². The normalized spacial score (nSPS) is 20.1. The molecule has 0 bridgehead atoms. The van der Waals surface area contributed by atoms with Gasteiger partial charge in [0.25, 0.3) is 0 Å². The first kappa shape index (κ1) is 26.4. The molecule has 2 heterocycles. The molecule has 4 unspecified atom stereocenters. The average Bonchev–Trinajstić information content (AvgIpc) is 3.77. The topological polar surface area (TPSA) is 124 Å². The summed E-state index contributed by atoms with van der Waals surface area (Å²) in [5, 5.41) is 34.1. The zero-order valence-electron chi connectivity index (χ0n) is 18.2. The van der Waals surface area contributed by atoms with E-state index in [0.29, 0.717) is 12.2 Å². The van der Waals surface area contributed by atoms with Crippen LogP contribution in [0.3, 0.4) is 0 Å². The van der Waals surface area contributed by atoms with Gasteiger partial charge in [0.2, 0.25) is 0 Å². The second kappa shape index (κ2) is 15.8. The van der Waals surface area contributed by atoms with Crippen LogP contribution in [0.1, 0.15) is 0 Å². The lowest BCUT2D eigenvalue weighted by atomic mass is 10.1. The highest BCUT2D eigenvalue weighted by molar-refractivity contribution is 5.62. The molecule has 2 aliphatic rings. The van der Waals surface area contributed by atoms with Crippen molar-refractivity contribution in [2.45, 2.75) is 24.4 Å². The van der Waals surface area contributed by atoms with Gasteiger partial charge in [-0.2, -0.15) is 0 Å². The average molecular weight is 451 g/mol. The van der Waals surface area contributed by atoms with Crippen LogP contribution in [0.5, 0.6) is 0 Å². The monoisotopic (exact) mass is 450 g/mol. The lowest BCUT2D eigenvalue weighted by Gasteiger charge is -2.10. The van der Waals surface area contributed by atoms with Crippen molar-refractivity contribution in [3.8, 4) is 11.1 Å². The fourth-order valence-corrected chi connectivity index (χ4v) is 2.37.